The summed E-state index contributed by atoms with van der Waals surface area (Å²) in [6, 6.07) is 2.61. The first-order valence-corrected chi connectivity index (χ1v) is 3.84. The normalized spacial score (nSPS) is 8.60. The smallest absolute Gasteiger partial charge is 0.384 e. The minimum atomic E-state index is -0.673. The van der Waals surface area contributed by atoms with E-state index in [2.05, 4.69) is 21.6 Å². The van der Waals surface area contributed by atoms with Gasteiger partial charge in [-0.05, 0) is 16.0 Å². The monoisotopic (exact) mass is 206 g/mol. The first-order valence-electron chi connectivity index (χ1n) is 3.84. The summed E-state index contributed by atoms with van der Waals surface area (Å²) in [6.07, 6.45) is 1.22. The Kier molecular flexibility index (Phi) is 3.35. The summed E-state index contributed by atoms with van der Waals surface area (Å²) in [5, 5.41) is 10.3. The number of carbonyl (C=O) groups is 1. The molecule has 0 bridgehead atoms. The van der Waals surface area contributed by atoms with E-state index < -0.39 is 10.9 Å². The van der Waals surface area contributed by atoms with Crippen molar-refractivity contribution in [3.63, 3.8) is 0 Å². The lowest BCUT2D eigenvalue weighted by molar-refractivity contribution is -0.389. The summed E-state index contributed by atoms with van der Waals surface area (Å²) in [5.41, 5.74) is 0.408. The van der Waals surface area contributed by atoms with E-state index in [4.69, 9.17) is 0 Å². The van der Waals surface area contributed by atoms with E-state index in [1.807, 2.05) is 0 Å². The molecule has 0 atom stereocenters. The van der Waals surface area contributed by atoms with E-state index >= 15 is 0 Å². The molecule has 0 saturated carbocycles. The Bertz CT molecular complexity index is 441. The number of nitro groups is 1. The van der Waals surface area contributed by atoms with Crippen molar-refractivity contribution in [1.29, 1.82) is 0 Å². The second-order valence-electron chi connectivity index (χ2n) is 2.40. The van der Waals surface area contributed by atoms with Crippen LogP contribution in [0.15, 0.2) is 18.3 Å². The third kappa shape index (κ3) is 3.08. The Morgan fingerprint density at radius 3 is 2.80 bits per heavy atom. The van der Waals surface area contributed by atoms with Crippen LogP contribution in [0.25, 0.3) is 0 Å². The number of pyridine rings is 1. The molecule has 0 aromatic carbocycles. The molecule has 0 N–H and O–H groups in total. The lowest BCUT2D eigenvalue weighted by Crippen LogP contribution is -1.95. The van der Waals surface area contributed by atoms with Crippen molar-refractivity contribution in [3.05, 3.63) is 34.0 Å². The molecule has 0 amide bonds. The van der Waals surface area contributed by atoms with Crippen molar-refractivity contribution in [3.8, 4) is 11.8 Å². The van der Waals surface area contributed by atoms with Crippen LogP contribution in [0.5, 0.6) is 0 Å². The quantitative estimate of drug-likeness (QED) is 0.289. The molecule has 0 unspecified atom stereocenters. The number of aromatic nitrogens is 1. The highest BCUT2D eigenvalue weighted by atomic mass is 16.6. The average molecular weight is 206 g/mol. The number of esters is 1. The third-order valence-electron chi connectivity index (χ3n) is 1.43. The molecular weight excluding hydrogens is 200 g/mol. The van der Waals surface area contributed by atoms with Crippen LogP contribution < -0.4 is 0 Å². The fraction of sp³-hybridized carbons (Fsp3) is 0.111. The third-order valence-corrected chi connectivity index (χ3v) is 1.43. The summed E-state index contributed by atoms with van der Waals surface area (Å²) < 4.78 is 4.29. The fourth-order valence-corrected chi connectivity index (χ4v) is 0.742. The summed E-state index contributed by atoms with van der Waals surface area (Å²) in [7, 11) is 1.21. The van der Waals surface area contributed by atoms with E-state index in [0.717, 1.165) is 0 Å². The molecule has 0 fully saturated rings. The Balaban J connectivity index is 2.84. The van der Waals surface area contributed by atoms with Crippen molar-refractivity contribution in [2.75, 3.05) is 7.11 Å². The second kappa shape index (κ2) is 4.72. The van der Waals surface area contributed by atoms with Gasteiger partial charge in [0.25, 0.3) is 0 Å². The molecular formula is C9H6N2O4. The molecule has 15 heavy (non-hydrogen) atoms. The number of rotatable bonds is 1. The zero-order valence-corrected chi connectivity index (χ0v) is 7.76. The number of methoxy groups -OCH3 is 1. The number of carbonyl (C=O) groups excluding carboxylic acids is 1. The number of nitrogens with zero attached hydrogens (tertiary/aromatic N) is 2. The van der Waals surface area contributed by atoms with E-state index in [-0.39, 0.29) is 5.82 Å². The maximum Gasteiger partial charge on any atom is 0.384 e. The van der Waals surface area contributed by atoms with Crippen LogP contribution >= 0.6 is 0 Å². The second-order valence-corrected chi connectivity index (χ2v) is 2.40. The van der Waals surface area contributed by atoms with Crippen LogP contribution in [0.2, 0.25) is 0 Å². The van der Waals surface area contributed by atoms with Gasteiger partial charge in [0.05, 0.1) is 12.7 Å². The van der Waals surface area contributed by atoms with Crippen LogP contribution in [-0.2, 0) is 9.53 Å². The summed E-state index contributed by atoms with van der Waals surface area (Å²) in [6.45, 7) is 0. The molecule has 6 nitrogen and oxygen atoms in total. The van der Waals surface area contributed by atoms with Gasteiger partial charge in [0, 0.05) is 12.0 Å². The standard InChI is InChI=1S/C9H6N2O4/c1-15-9(12)5-3-7-2-4-8(10-6-7)11(13)14/h2,4,6H,1H3. The zero-order valence-electron chi connectivity index (χ0n) is 7.76. The summed E-state index contributed by atoms with van der Waals surface area (Å²) in [4.78, 5) is 23.8. The van der Waals surface area contributed by atoms with E-state index in [9.17, 15) is 14.9 Å². The minimum absolute atomic E-state index is 0.265. The SMILES string of the molecule is COC(=O)C#Cc1ccc([N+](=O)[O-])nc1. The number of ether oxygens (including phenoxy) is 1. The first-order chi connectivity index (χ1) is 7.13. The highest BCUT2D eigenvalue weighted by Crippen LogP contribution is 2.05. The van der Waals surface area contributed by atoms with Crippen LogP contribution in [0, 0.1) is 22.0 Å². The van der Waals surface area contributed by atoms with Crippen LogP contribution in [0.3, 0.4) is 0 Å². The van der Waals surface area contributed by atoms with Gasteiger partial charge in [0.2, 0.25) is 0 Å². The average Bonchev–Trinajstić information content (AvgIpc) is 2.26. The van der Waals surface area contributed by atoms with Gasteiger partial charge < -0.3 is 14.9 Å². The highest BCUT2D eigenvalue weighted by Gasteiger charge is 2.04. The van der Waals surface area contributed by atoms with Crippen molar-refractivity contribution < 1.29 is 14.5 Å². The summed E-state index contributed by atoms with van der Waals surface area (Å²) in [5.74, 6) is 3.69. The van der Waals surface area contributed by atoms with E-state index in [1.54, 1.807) is 0 Å². The van der Waals surface area contributed by atoms with E-state index in [0.29, 0.717) is 5.56 Å². The minimum Gasteiger partial charge on any atom is -0.459 e. The number of hydrogen-bond acceptors (Lipinski definition) is 5. The van der Waals surface area contributed by atoms with Gasteiger partial charge in [-0.25, -0.2) is 4.79 Å². The zero-order chi connectivity index (χ0) is 11.3. The fourth-order valence-electron chi connectivity index (χ4n) is 0.742. The Morgan fingerprint density at radius 1 is 1.60 bits per heavy atom. The van der Waals surface area contributed by atoms with Crippen molar-refractivity contribution in [2.24, 2.45) is 0 Å². The molecule has 76 valence electrons. The molecule has 1 rings (SSSR count). The van der Waals surface area contributed by atoms with Crippen LogP contribution in [0.4, 0.5) is 5.82 Å². The van der Waals surface area contributed by atoms with Gasteiger partial charge in [-0.2, -0.15) is 0 Å². The molecule has 0 saturated heterocycles. The molecule has 0 radical (unpaired) electrons. The molecule has 1 aromatic rings. The Morgan fingerprint density at radius 2 is 2.33 bits per heavy atom. The molecule has 0 aliphatic rings. The van der Waals surface area contributed by atoms with Gasteiger partial charge in [0.1, 0.15) is 0 Å². The topological polar surface area (TPSA) is 82.3 Å². The van der Waals surface area contributed by atoms with Gasteiger partial charge in [0.15, 0.2) is 6.20 Å². The summed E-state index contributed by atoms with van der Waals surface area (Å²) >= 11 is 0. The van der Waals surface area contributed by atoms with Gasteiger partial charge in [-0.15, -0.1) is 0 Å². The van der Waals surface area contributed by atoms with Gasteiger partial charge >= 0.3 is 11.8 Å². The predicted octanol–water partition coefficient (Wildman–Crippen LogP) is 0.514. The molecule has 6 heteroatoms. The van der Waals surface area contributed by atoms with E-state index in [1.165, 1.54) is 25.4 Å². The molecule has 0 aliphatic heterocycles. The predicted molar refractivity (Wildman–Crippen MR) is 49.8 cm³/mol. The van der Waals surface area contributed by atoms with Gasteiger partial charge in [-0.3, -0.25) is 0 Å². The molecule has 0 aliphatic carbocycles. The largest absolute Gasteiger partial charge is 0.459 e. The van der Waals surface area contributed by atoms with Crippen LogP contribution in [0.1, 0.15) is 5.56 Å². The highest BCUT2D eigenvalue weighted by molar-refractivity contribution is 5.88. The van der Waals surface area contributed by atoms with Crippen molar-refractivity contribution >= 4 is 11.8 Å². The Labute approximate surface area is 85.0 Å². The van der Waals surface area contributed by atoms with Crippen molar-refractivity contribution in [2.45, 2.75) is 0 Å². The first kappa shape index (κ1) is 10.7. The van der Waals surface area contributed by atoms with Crippen LogP contribution in [-0.4, -0.2) is 23.0 Å². The number of hydrogen-bond donors (Lipinski definition) is 0. The van der Waals surface area contributed by atoms with Gasteiger partial charge in [-0.1, -0.05) is 5.92 Å². The molecule has 0 spiro atoms. The Hall–Kier alpha value is -2.42. The lowest BCUT2D eigenvalue weighted by Gasteiger charge is -1.90. The van der Waals surface area contributed by atoms with Crippen molar-refractivity contribution in [1.82, 2.24) is 4.98 Å². The maximum atomic E-state index is 10.6. The molecule has 1 heterocycles. The molecule has 1 aromatic heterocycles. The lowest BCUT2D eigenvalue weighted by atomic mass is 10.3. The maximum absolute atomic E-state index is 10.6.